The van der Waals surface area contributed by atoms with Gasteiger partial charge in [-0.2, -0.15) is 0 Å². The number of ether oxygens (including phenoxy) is 1. The fourth-order valence-corrected chi connectivity index (χ4v) is 4.77. The minimum atomic E-state index is -0.367. The zero-order valence-corrected chi connectivity index (χ0v) is 19.9. The normalized spacial score (nSPS) is 13.9. The molecule has 0 atom stereocenters. The number of piperidine rings is 1. The van der Waals surface area contributed by atoms with Crippen molar-refractivity contribution in [3.05, 3.63) is 96.4 Å². The molecule has 0 radical (unpaired) electrons. The third-order valence-corrected chi connectivity index (χ3v) is 6.47. The van der Waals surface area contributed by atoms with Crippen molar-refractivity contribution in [2.45, 2.75) is 39.0 Å². The van der Waals surface area contributed by atoms with Gasteiger partial charge in [-0.3, -0.25) is 4.68 Å². The standard InChI is InChI=1S/C30H31FN2O/c1-22(2)28-21-26(24-16-17-27(31)29(20-24)34-25-14-8-4-9-15-25)30(23-12-6-3-7-13-23)33(28)32-18-10-5-11-19-32/h3-4,6-9,12-17,20-22H,5,10-11,18-19H2,1-2H3. The number of nitrogens with zero attached hydrogens (tertiary/aromatic N) is 2. The molecule has 34 heavy (non-hydrogen) atoms. The van der Waals surface area contributed by atoms with E-state index in [4.69, 9.17) is 4.74 Å². The molecule has 0 unspecified atom stereocenters. The highest BCUT2D eigenvalue weighted by atomic mass is 19.1. The Bertz CT molecular complexity index is 1240. The van der Waals surface area contributed by atoms with Crippen molar-refractivity contribution in [2.75, 3.05) is 18.1 Å². The van der Waals surface area contributed by atoms with Gasteiger partial charge in [0.15, 0.2) is 11.6 Å². The van der Waals surface area contributed by atoms with Crippen LogP contribution in [0.3, 0.4) is 0 Å². The van der Waals surface area contributed by atoms with Crippen molar-refractivity contribution in [3.63, 3.8) is 0 Å². The fraction of sp³-hybridized carbons (Fsp3) is 0.267. The maximum absolute atomic E-state index is 14.8. The summed E-state index contributed by atoms with van der Waals surface area (Å²) in [6.45, 7) is 6.56. The summed E-state index contributed by atoms with van der Waals surface area (Å²) >= 11 is 0. The van der Waals surface area contributed by atoms with Gasteiger partial charge >= 0.3 is 0 Å². The average molecular weight is 455 g/mol. The Balaban J connectivity index is 1.68. The largest absolute Gasteiger partial charge is 0.454 e. The van der Waals surface area contributed by atoms with E-state index in [1.807, 2.05) is 48.5 Å². The van der Waals surface area contributed by atoms with Crippen molar-refractivity contribution >= 4 is 0 Å². The van der Waals surface area contributed by atoms with Crippen LogP contribution in [0, 0.1) is 5.82 Å². The molecule has 1 aliphatic rings. The summed E-state index contributed by atoms with van der Waals surface area (Å²) in [5.74, 6) is 0.835. The first kappa shape index (κ1) is 22.3. The van der Waals surface area contributed by atoms with Gasteiger partial charge in [-0.25, -0.2) is 4.39 Å². The zero-order valence-electron chi connectivity index (χ0n) is 19.9. The summed E-state index contributed by atoms with van der Waals surface area (Å²) in [4.78, 5) is 0. The second-order valence-corrected chi connectivity index (χ2v) is 9.24. The van der Waals surface area contributed by atoms with E-state index in [0.29, 0.717) is 11.7 Å². The topological polar surface area (TPSA) is 17.4 Å². The van der Waals surface area contributed by atoms with Crippen LogP contribution in [0.4, 0.5) is 4.39 Å². The van der Waals surface area contributed by atoms with Crippen molar-refractivity contribution in [3.8, 4) is 33.9 Å². The van der Waals surface area contributed by atoms with Crippen LogP contribution < -0.4 is 9.75 Å². The van der Waals surface area contributed by atoms with Crippen LogP contribution in [-0.4, -0.2) is 17.8 Å². The van der Waals surface area contributed by atoms with E-state index in [1.165, 1.54) is 31.0 Å². The second-order valence-electron chi connectivity index (χ2n) is 9.24. The lowest BCUT2D eigenvalue weighted by Gasteiger charge is -2.34. The first-order valence-electron chi connectivity index (χ1n) is 12.2. The predicted octanol–water partition coefficient (Wildman–Crippen LogP) is 8.00. The minimum Gasteiger partial charge on any atom is -0.454 e. The Morgan fingerprint density at radius 3 is 2.12 bits per heavy atom. The second kappa shape index (κ2) is 9.76. The summed E-state index contributed by atoms with van der Waals surface area (Å²) in [5.41, 5.74) is 5.63. The van der Waals surface area contributed by atoms with E-state index in [1.54, 1.807) is 0 Å². The SMILES string of the molecule is CC(C)c1cc(-c2ccc(F)c(Oc3ccccc3)c2)c(-c2ccccc2)n1N1CCCCC1. The molecule has 0 bridgehead atoms. The summed E-state index contributed by atoms with van der Waals surface area (Å²) in [6, 6.07) is 27.4. The molecule has 0 amide bonds. The van der Waals surface area contributed by atoms with Gasteiger partial charge in [0.1, 0.15) is 5.75 Å². The molecule has 174 valence electrons. The molecule has 0 saturated carbocycles. The smallest absolute Gasteiger partial charge is 0.165 e. The highest BCUT2D eigenvalue weighted by Gasteiger charge is 2.25. The third kappa shape index (κ3) is 4.45. The Kier molecular flexibility index (Phi) is 6.39. The van der Waals surface area contributed by atoms with Crippen LogP contribution in [0.15, 0.2) is 84.9 Å². The van der Waals surface area contributed by atoms with Gasteiger partial charge in [0, 0.05) is 29.9 Å². The maximum atomic E-state index is 14.8. The van der Waals surface area contributed by atoms with Gasteiger partial charge < -0.3 is 9.75 Å². The molecule has 5 rings (SSSR count). The van der Waals surface area contributed by atoms with E-state index in [9.17, 15) is 4.39 Å². The molecule has 1 saturated heterocycles. The fourth-order valence-electron chi connectivity index (χ4n) is 4.77. The minimum absolute atomic E-state index is 0.236. The van der Waals surface area contributed by atoms with Gasteiger partial charge in [0.05, 0.1) is 5.69 Å². The van der Waals surface area contributed by atoms with Gasteiger partial charge in [-0.1, -0.05) is 68.4 Å². The number of halogens is 1. The number of hydrogen-bond acceptors (Lipinski definition) is 2. The highest BCUT2D eigenvalue weighted by Crippen LogP contribution is 2.40. The Morgan fingerprint density at radius 1 is 0.765 bits per heavy atom. The van der Waals surface area contributed by atoms with E-state index < -0.39 is 0 Å². The highest BCUT2D eigenvalue weighted by molar-refractivity contribution is 5.83. The van der Waals surface area contributed by atoms with E-state index >= 15 is 0 Å². The summed E-state index contributed by atoms with van der Waals surface area (Å²) in [5, 5.41) is 2.48. The van der Waals surface area contributed by atoms with Gasteiger partial charge in [0.25, 0.3) is 0 Å². The summed E-state index contributed by atoms with van der Waals surface area (Å²) in [7, 11) is 0. The molecule has 3 aromatic carbocycles. The first-order chi connectivity index (χ1) is 16.6. The molecule has 1 fully saturated rings. The van der Waals surface area contributed by atoms with Gasteiger partial charge in [0.2, 0.25) is 0 Å². The Hall–Kier alpha value is -3.53. The van der Waals surface area contributed by atoms with E-state index in [0.717, 1.165) is 35.5 Å². The molecule has 1 aliphatic heterocycles. The van der Waals surface area contributed by atoms with Crippen LogP contribution >= 0.6 is 0 Å². The quantitative estimate of drug-likeness (QED) is 0.294. The molecule has 4 aromatic rings. The molecule has 3 nitrogen and oxygen atoms in total. The van der Waals surface area contributed by atoms with E-state index in [-0.39, 0.29) is 11.6 Å². The lowest BCUT2D eigenvalue weighted by Crippen LogP contribution is -2.40. The van der Waals surface area contributed by atoms with Crippen LogP contribution in [0.1, 0.15) is 44.7 Å². The molecule has 0 spiro atoms. The Labute approximate surface area is 201 Å². The van der Waals surface area contributed by atoms with E-state index in [2.05, 4.69) is 53.9 Å². The summed E-state index contributed by atoms with van der Waals surface area (Å²) in [6.07, 6.45) is 3.68. The number of para-hydroxylation sites is 1. The molecule has 0 aliphatic carbocycles. The molecular formula is C30H31FN2O. The van der Waals surface area contributed by atoms with Crippen molar-refractivity contribution in [1.29, 1.82) is 0 Å². The number of aromatic nitrogens is 1. The predicted molar refractivity (Wildman–Crippen MR) is 138 cm³/mol. The average Bonchev–Trinajstić information content (AvgIpc) is 3.28. The number of benzene rings is 3. The van der Waals surface area contributed by atoms with Crippen LogP contribution in [-0.2, 0) is 0 Å². The third-order valence-electron chi connectivity index (χ3n) is 6.47. The van der Waals surface area contributed by atoms with Crippen LogP contribution in [0.5, 0.6) is 11.5 Å². The molecule has 4 heteroatoms. The van der Waals surface area contributed by atoms with Crippen molar-refractivity contribution < 1.29 is 9.13 Å². The van der Waals surface area contributed by atoms with Crippen molar-refractivity contribution in [2.24, 2.45) is 0 Å². The summed E-state index contributed by atoms with van der Waals surface area (Å²) < 4.78 is 23.1. The van der Waals surface area contributed by atoms with Crippen LogP contribution in [0.25, 0.3) is 22.4 Å². The number of rotatable bonds is 6. The van der Waals surface area contributed by atoms with Crippen molar-refractivity contribution in [1.82, 2.24) is 4.68 Å². The lowest BCUT2D eigenvalue weighted by molar-refractivity contribution is 0.442. The molecular weight excluding hydrogens is 423 g/mol. The Morgan fingerprint density at radius 2 is 1.44 bits per heavy atom. The first-order valence-corrected chi connectivity index (χ1v) is 12.2. The molecule has 1 aromatic heterocycles. The monoisotopic (exact) mass is 454 g/mol. The maximum Gasteiger partial charge on any atom is 0.165 e. The van der Waals surface area contributed by atoms with Crippen LogP contribution in [0.2, 0.25) is 0 Å². The zero-order chi connectivity index (χ0) is 23.5. The van der Waals surface area contributed by atoms with Gasteiger partial charge in [-0.15, -0.1) is 0 Å². The van der Waals surface area contributed by atoms with Gasteiger partial charge in [-0.05, 0) is 61.1 Å². The molecule has 2 heterocycles. The molecule has 0 N–H and O–H groups in total. The number of hydrogen-bond donors (Lipinski definition) is 0. The lowest BCUT2D eigenvalue weighted by atomic mass is 10.0.